The van der Waals surface area contributed by atoms with Gasteiger partial charge in [0.05, 0.1) is 6.26 Å². The Morgan fingerprint density at radius 1 is 1.70 bits per heavy atom. The van der Waals surface area contributed by atoms with Gasteiger partial charge in [-0.2, -0.15) is 0 Å². The normalized spacial score (nSPS) is 11.6. The zero-order valence-electron chi connectivity index (χ0n) is 6.13. The highest BCUT2D eigenvalue weighted by Crippen LogP contribution is 2.12. The molecular weight excluding hydrogens is 128 g/mol. The van der Waals surface area contributed by atoms with Gasteiger partial charge in [-0.3, -0.25) is 0 Å². The quantitative estimate of drug-likeness (QED) is 0.586. The highest BCUT2D eigenvalue weighted by atomic mass is 16.6. The van der Waals surface area contributed by atoms with E-state index in [9.17, 15) is 0 Å². The van der Waals surface area contributed by atoms with Crippen LogP contribution in [0.3, 0.4) is 0 Å². The molecule has 0 atom stereocenters. The number of ether oxygens (including phenoxy) is 1. The number of hydrogen-bond acceptors (Lipinski definition) is 2. The molecule has 0 unspecified atom stereocenters. The van der Waals surface area contributed by atoms with Gasteiger partial charge in [-0.1, -0.05) is 0 Å². The lowest BCUT2D eigenvalue weighted by Gasteiger charge is -1.98. The molecule has 54 valence electrons. The second-order valence-electron chi connectivity index (χ2n) is 1.93. The van der Waals surface area contributed by atoms with Gasteiger partial charge in [-0.15, -0.1) is 0 Å². The zero-order valence-corrected chi connectivity index (χ0v) is 6.13. The Kier molecular flexibility index (Phi) is 2.15. The van der Waals surface area contributed by atoms with Gasteiger partial charge in [0, 0.05) is 6.07 Å². The molecule has 1 rings (SSSR count). The standard InChI is InChI=1S/C8H10O2/c1-3-7(2)10-8-5-4-6-9-8/h3-6H,1-2H3/b7-3-. The summed E-state index contributed by atoms with van der Waals surface area (Å²) in [5.41, 5.74) is 0. The van der Waals surface area contributed by atoms with Crippen molar-refractivity contribution >= 4 is 0 Å². The Bertz CT molecular complexity index is 209. The number of hydrogen-bond donors (Lipinski definition) is 0. The summed E-state index contributed by atoms with van der Waals surface area (Å²) in [5.74, 6) is 1.38. The molecule has 0 aliphatic rings. The van der Waals surface area contributed by atoms with Crippen LogP contribution in [0.4, 0.5) is 0 Å². The molecule has 0 radical (unpaired) electrons. The van der Waals surface area contributed by atoms with Gasteiger partial charge in [0.25, 0.3) is 5.95 Å². The number of allylic oxidation sites excluding steroid dienone is 2. The molecule has 2 heteroatoms. The Labute approximate surface area is 60.1 Å². The first-order chi connectivity index (χ1) is 4.83. The molecule has 0 saturated heterocycles. The van der Waals surface area contributed by atoms with Gasteiger partial charge in [0.1, 0.15) is 5.76 Å². The van der Waals surface area contributed by atoms with E-state index in [0.29, 0.717) is 5.95 Å². The van der Waals surface area contributed by atoms with Crippen molar-refractivity contribution in [1.29, 1.82) is 0 Å². The summed E-state index contributed by atoms with van der Waals surface area (Å²) in [5, 5.41) is 0. The van der Waals surface area contributed by atoms with E-state index in [1.165, 1.54) is 0 Å². The minimum Gasteiger partial charge on any atom is -0.434 e. The first kappa shape index (κ1) is 6.93. The first-order valence-corrected chi connectivity index (χ1v) is 3.17. The lowest BCUT2D eigenvalue weighted by atomic mass is 10.5. The highest BCUT2D eigenvalue weighted by molar-refractivity contribution is 5.07. The van der Waals surface area contributed by atoms with E-state index >= 15 is 0 Å². The SMILES string of the molecule is C/C=C(/C)Oc1ccco1. The van der Waals surface area contributed by atoms with E-state index < -0.39 is 0 Å². The van der Waals surface area contributed by atoms with Crippen LogP contribution >= 0.6 is 0 Å². The summed E-state index contributed by atoms with van der Waals surface area (Å²) in [6, 6.07) is 3.56. The molecule has 0 aliphatic carbocycles. The molecule has 0 saturated carbocycles. The van der Waals surface area contributed by atoms with Crippen molar-refractivity contribution in [3.63, 3.8) is 0 Å². The molecule has 0 aliphatic heterocycles. The molecule has 0 bridgehead atoms. The van der Waals surface area contributed by atoms with Crippen molar-refractivity contribution in [2.24, 2.45) is 0 Å². The van der Waals surface area contributed by atoms with E-state index in [-0.39, 0.29) is 0 Å². The maximum Gasteiger partial charge on any atom is 0.289 e. The molecular formula is C8H10O2. The molecule has 2 nitrogen and oxygen atoms in total. The summed E-state index contributed by atoms with van der Waals surface area (Å²) in [6.45, 7) is 3.79. The average molecular weight is 138 g/mol. The molecule has 1 heterocycles. The summed E-state index contributed by atoms with van der Waals surface area (Å²) in [7, 11) is 0. The minimum absolute atomic E-state index is 0.538. The van der Waals surface area contributed by atoms with Gasteiger partial charge in [0.15, 0.2) is 0 Å². The van der Waals surface area contributed by atoms with E-state index in [4.69, 9.17) is 9.15 Å². The Morgan fingerprint density at radius 3 is 3.00 bits per heavy atom. The third-order valence-corrected chi connectivity index (χ3v) is 1.16. The van der Waals surface area contributed by atoms with Gasteiger partial charge < -0.3 is 9.15 Å². The lowest BCUT2D eigenvalue weighted by Crippen LogP contribution is -1.86. The van der Waals surface area contributed by atoms with Crippen LogP contribution in [0.1, 0.15) is 13.8 Å². The molecule has 0 fully saturated rings. The fourth-order valence-corrected chi connectivity index (χ4v) is 0.539. The minimum atomic E-state index is 0.538. The van der Waals surface area contributed by atoms with Crippen molar-refractivity contribution in [2.45, 2.75) is 13.8 Å². The smallest absolute Gasteiger partial charge is 0.289 e. The van der Waals surface area contributed by atoms with Crippen LogP contribution < -0.4 is 4.74 Å². The van der Waals surface area contributed by atoms with Gasteiger partial charge >= 0.3 is 0 Å². The predicted octanol–water partition coefficient (Wildman–Crippen LogP) is 2.58. The number of furan rings is 1. The summed E-state index contributed by atoms with van der Waals surface area (Å²) in [4.78, 5) is 0. The third kappa shape index (κ3) is 1.65. The van der Waals surface area contributed by atoms with Crippen LogP contribution in [0.2, 0.25) is 0 Å². The fourth-order valence-electron chi connectivity index (χ4n) is 0.539. The molecule has 0 aromatic carbocycles. The molecule has 0 spiro atoms. The third-order valence-electron chi connectivity index (χ3n) is 1.16. The molecule has 0 N–H and O–H groups in total. The zero-order chi connectivity index (χ0) is 7.40. The van der Waals surface area contributed by atoms with Crippen molar-refractivity contribution < 1.29 is 9.15 Å². The van der Waals surface area contributed by atoms with E-state index in [1.54, 1.807) is 18.4 Å². The van der Waals surface area contributed by atoms with Gasteiger partial charge in [-0.05, 0) is 26.0 Å². The van der Waals surface area contributed by atoms with Crippen LogP contribution in [0.5, 0.6) is 5.95 Å². The number of rotatable bonds is 2. The van der Waals surface area contributed by atoms with Crippen molar-refractivity contribution in [3.8, 4) is 5.95 Å². The van der Waals surface area contributed by atoms with Gasteiger partial charge in [-0.25, -0.2) is 0 Å². The maximum absolute atomic E-state index is 5.20. The lowest BCUT2D eigenvalue weighted by molar-refractivity contribution is 0.315. The first-order valence-electron chi connectivity index (χ1n) is 3.17. The van der Waals surface area contributed by atoms with Crippen LogP contribution in [0, 0.1) is 0 Å². The molecule has 10 heavy (non-hydrogen) atoms. The Morgan fingerprint density at radius 2 is 2.50 bits per heavy atom. The van der Waals surface area contributed by atoms with E-state index in [1.807, 2.05) is 19.9 Å². The summed E-state index contributed by atoms with van der Waals surface area (Å²) in [6.07, 6.45) is 3.46. The largest absolute Gasteiger partial charge is 0.434 e. The molecule has 0 amide bonds. The van der Waals surface area contributed by atoms with Crippen LogP contribution in [0.15, 0.2) is 34.6 Å². The molecule has 1 aromatic heterocycles. The van der Waals surface area contributed by atoms with Crippen LogP contribution in [-0.4, -0.2) is 0 Å². The fraction of sp³-hybridized carbons (Fsp3) is 0.250. The maximum atomic E-state index is 5.20. The van der Waals surface area contributed by atoms with Crippen LogP contribution in [-0.2, 0) is 0 Å². The highest BCUT2D eigenvalue weighted by Gasteiger charge is 1.94. The van der Waals surface area contributed by atoms with Crippen molar-refractivity contribution in [3.05, 3.63) is 30.2 Å². The summed E-state index contributed by atoms with van der Waals surface area (Å²) < 4.78 is 10.1. The van der Waals surface area contributed by atoms with Crippen molar-refractivity contribution in [1.82, 2.24) is 0 Å². The van der Waals surface area contributed by atoms with Crippen LogP contribution in [0.25, 0.3) is 0 Å². The Hall–Kier alpha value is -1.18. The van der Waals surface area contributed by atoms with E-state index in [2.05, 4.69) is 0 Å². The summed E-state index contributed by atoms with van der Waals surface area (Å²) >= 11 is 0. The predicted molar refractivity (Wildman–Crippen MR) is 38.8 cm³/mol. The van der Waals surface area contributed by atoms with Gasteiger partial charge in [0.2, 0.25) is 0 Å². The second-order valence-corrected chi connectivity index (χ2v) is 1.93. The average Bonchev–Trinajstić information content (AvgIpc) is 2.40. The van der Waals surface area contributed by atoms with E-state index in [0.717, 1.165) is 5.76 Å². The second kappa shape index (κ2) is 3.11. The molecule has 1 aromatic rings. The Balaban J connectivity index is 2.56. The topological polar surface area (TPSA) is 22.4 Å². The monoisotopic (exact) mass is 138 g/mol. The van der Waals surface area contributed by atoms with Crippen molar-refractivity contribution in [2.75, 3.05) is 0 Å².